The number of rotatable bonds is 4. The molecule has 2 heterocycles. The quantitative estimate of drug-likeness (QED) is 0.746. The van der Waals surface area contributed by atoms with E-state index >= 15 is 0 Å². The molecule has 1 aliphatic heterocycles. The van der Waals surface area contributed by atoms with E-state index in [1.165, 1.54) is 6.33 Å². The predicted molar refractivity (Wildman–Crippen MR) is 102 cm³/mol. The summed E-state index contributed by atoms with van der Waals surface area (Å²) in [5.41, 5.74) is 2.22. The summed E-state index contributed by atoms with van der Waals surface area (Å²) in [5.74, 6) is 0.577. The van der Waals surface area contributed by atoms with E-state index < -0.39 is 5.92 Å². The van der Waals surface area contributed by atoms with Crippen LogP contribution in [0, 0.1) is 5.92 Å². The van der Waals surface area contributed by atoms with Gasteiger partial charge < -0.3 is 15.4 Å². The number of benzene rings is 2. The molecular formula is C20H19N5O2. The zero-order valence-electron chi connectivity index (χ0n) is 14.8. The first-order valence-electron chi connectivity index (χ1n) is 8.52. The SMILES string of the molecule is C=C1Nc2ncnn2C(c2ccc(OC)cc2)C1C(=O)Nc1ccccc1. The van der Waals surface area contributed by atoms with Gasteiger partial charge in [-0.3, -0.25) is 4.79 Å². The number of hydrogen-bond donors (Lipinski definition) is 2. The van der Waals surface area contributed by atoms with Gasteiger partial charge in [-0.15, -0.1) is 0 Å². The zero-order valence-corrected chi connectivity index (χ0v) is 14.8. The van der Waals surface area contributed by atoms with Crippen LogP contribution in [-0.4, -0.2) is 27.8 Å². The van der Waals surface area contributed by atoms with Crippen molar-refractivity contribution in [3.63, 3.8) is 0 Å². The summed E-state index contributed by atoms with van der Waals surface area (Å²) in [6.07, 6.45) is 1.46. The van der Waals surface area contributed by atoms with E-state index in [0.29, 0.717) is 11.6 Å². The Bertz CT molecular complexity index is 966. The highest BCUT2D eigenvalue weighted by Gasteiger charge is 2.39. The van der Waals surface area contributed by atoms with Crippen LogP contribution in [0.25, 0.3) is 0 Å². The molecule has 1 amide bonds. The highest BCUT2D eigenvalue weighted by atomic mass is 16.5. The Morgan fingerprint density at radius 1 is 1.19 bits per heavy atom. The van der Waals surface area contributed by atoms with Crippen molar-refractivity contribution in [3.05, 3.63) is 78.8 Å². The molecule has 0 saturated carbocycles. The average molecular weight is 361 g/mol. The number of aromatic nitrogens is 3. The van der Waals surface area contributed by atoms with Crippen LogP contribution in [-0.2, 0) is 4.79 Å². The molecule has 0 radical (unpaired) electrons. The number of amides is 1. The molecule has 0 fully saturated rings. The third-order valence-electron chi connectivity index (χ3n) is 4.58. The lowest BCUT2D eigenvalue weighted by atomic mass is 9.88. The molecule has 136 valence electrons. The maximum absolute atomic E-state index is 13.1. The molecule has 1 aromatic heterocycles. The molecule has 1 aliphatic rings. The van der Waals surface area contributed by atoms with Gasteiger partial charge in [0.05, 0.1) is 13.2 Å². The Morgan fingerprint density at radius 3 is 2.63 bits per heavy atom. The number of anilines is 2. The van der Waals surface area contributed by atoms with Gasteiger partial charge in [-0.25, -0.2) is 4.68 Å². The minimum absolute atomic E-state index is 0.166. The lowest BCUT2D eigenvalue weighted by Crippen LogP contribution is -2.39. The highest BCUT2D eigenvalue weighted by molar-refractivity contribution is 5.95. The minimum Gasteiger partial charge on any atom is -0.497 e. The number of carbonyl (C=O) groups is 1. The molecule has 0 saturated heterocycles. The van der Waals surface area contributed by atoms with E-state index in [9.17, 15) is 4.79 Å². The van der Waals surface area contributed by atoms with Gasteiger partial charge >= 0.3 is 0 Å². The first-order valence-corrected chi connectivity index (χ1v) is 8.52. The minimum atomic E-state index is -0.562. The Balaban J connectivity index is 1.73. The molecule has 2 unspecified atom stereocenters. The van der Waals surface area contributed by atoms with Crippen LogP contribution < -0.4 is 15.4 Å². The molecule has 2 aromatic carbocycles. The van der Waals surface area contributed by atoms with Gasteiger partial charge in [-0.2, -0.15) is 10.1 Å². The Kier molecular flexibility index (Phi) is 4.33. The van der Waals surface area contributed by atoms with Crippen molar-refractivity contribution in [2.75, 3.05) is 17.7 Å². The lowest BCUT2D eigenvalue weighted by molar-refractivity contribution is -0.119. The third kappa shape index (κ3) is 3.15. The molecule has 7 nitrogen and oxygen atoms in total. The number of para-hydroxylation sites is 1. The molecule has 2 N–H and O–H groups in total. The smallest absolute Gasteiger partial charge is 0.235 e. The zero-order chi connectivity index (χ0) is 18.8. The lowest BCUT2D eigenvalue weighted by Gasteiger charge is -2.33. The molecule has 7 heteroatoms. The van der Waals surface area contributed by atoms with Crippen LogP contribution >= 0.6 is 0 Å². The van der Waals surface area contributed by atoms with Crippen LogP contribution in [0.3, 0.4) is 0 Å². The summed E-state index contributed by atoms with van der Waals surface area (Å²) in [6.45, 7) is 4.07. The maximum Gasteiger partial charge on any atom is 0.235 e. The van der Waals surface area contributed by atoms with E-state index in [0.717, 1.165) is 17.0 Å². The number of nitrogens with one attached hydrogen (secondary N) is 2. The van der Waals surface area contributed by atoms with Crippen molar-refractivity contribution in [2.24, 2.45) is 5.92 Å². The molecule has 3 aromatic rings. The first kappa shape index (κ1) is 16.8. The third-order valence-corrected chi connectivity index (χ3v) is 4.58. The van der Waals surface area contributed by atoms with Gasteiger partial charge in [0, 0.05) is 11.4 Å². The standard InChI is InChI=1S/C20H19N5O2/c1-13-17(19(26)24-15-6-4-3-5-7-15)18(25-20(23-13)21-12-22-25)14-8-10-16(27-2)11-9-14/h3-12,17-18H,1H2,2H3,(H,24,26)(H,21,22,23). The van der Waals surface area contributed by atoms with E-state index in [4.69, 9.17) is 4.74 Å². The number of ether oxygens (including phenoxy) is 1. The fraction of sp³-hybridized carbons (Fsp3) is 0.150. The molecule has 0 bridgehead atoms. The number of nitrogens with zero attached hydrogens (tertiary/aromatic N) is 3. The van der Waals surface area contributed by atoms with Crippen molar-refractivity contribution in [1.82, 2.24) is 14.8 Å². The monoisotopic (exact) mass is 361 g/mol. The Hall–Kier alpha value is -3.61. The highest BCUT2D eigenvalue weighted by Crippen LogP contribution is 2.38. The second-order valence-electron chi connectivity index (χ2n) is 6.23. The van der Waals surface area contributed by atoms with Crippen LogP contribution in [0.5, 0.6) is 5.75 Å². The summed E-state index contributed by atoms with van der Waals surface area (Å²) in [5, 5.41) is 10.4. The normalized spacial score (nSPS) is 18.3. The summed E-state index contributed by atoms with van der Waals surface area (Å²) >= 11 is 0. The van der Waals surface area contributed by atoms with Crippen molar-refractivity contribution < 1.29 is 9.53 Å². The fourth-order valence-electron chi connectivity index (χ4n) is 3.27. The molecule has 0 aliphatic carbocycles. The Labute approximate surface area is 156 Å². The molecule has 27 heavy (non-hydrogen) atoms. The molecular weight excluding hydrogens is 342 g/mol. The van der Waals surface area contributed by atoms with E-state index in [2.05, 4.69) is 27.3 Å². The van der Waals surface area contributed by atoms with Gasteiger partial charge in [-0.1, -0.05) is 36.9 Å². The fourth-order valence-corrected chi connectivity index (χ4v) is 3.27. The average Bonchev–Trinajstić information content (AvgIpc) is 3.15. The van der Waals surface area contributed by atoms with Crippen molar-refractivity contribution in [1.29, 1.82) is 0 Å². The summed E-state index contributed by atoms with van der Waals surface area (Å²) in [7, 11) is 1.62. The largest absolute Gasteiger partial charge is 0.497 e. The van der Waals surface area contributed by atoms with E-state index in [1.54, 1.807) is 11.8 Å². The van der Waals surface area contributed by atoms with Gasteiger partial charge in [0.1, 0.15) is 18.0 Å². The van der Waals surface area contributed by atoms with Crippen LogP contribution in [0.15, 0.2) is 73.2 Å². The van der Waals surface area contributed by atoms with Gasteiger partial charge in [-0.05, 0) is 29.8 Å². The van der Waals surface area contributed by atoms with Crippen LogP contribution in [0.1, 0.15) is 11.6 Å². The summed E-state index contributed by atoms with van der Waals surface area (Å²) in [6, 6.07) is 16.6. The number of fused-ring (bicyclic) bond motifs is 1. The van der Waals surface area contributed by atoms with Crippen LogP contribution in [0.4, 0.5) is 11.6 Å². The summed E-state index contributed by atoms with van der Waals surface area (Å²) in [4.78, 5) is 17.3. The van der Waals surface area contributed by atoms with Crippen molar-refractivity contribution in [2.45, 2.75) is 6.04 Å². The number of hydrogen-bond acceptors (Lipinski definition) is 5. The first-order chi connectivity index (χ1) is 13.2. The van der Waals surface area contributed by atoms with E-state index in [-0.39, 0.29) is 11.9 Å². The maximum atomic E-state index is 13.1. The second-order valence-corrected chi connectivity index (χ2v) is 6.23. The Morgan fingerprint density at radius 2 is 1.93 bits per heavy atom. The molecule has 2 atom stereocenters. The predicted octanol–water partition coefficient (Wildman–Crippen LogP) is 3.07. The van der Waals surface area contributed by atoms with Crippen molar-refractivity contribution in [3.8, 4) is 5.75 Å². The van der Waals surface area contributed by atoms with Gasteiger partial charge in [0.25, 0.3) is 0 Å². The topological polar surface area (TPSA) is 81.1 Å². The van der Waals surface area contributed by atoms with Gasteiger partial charge in [0.15, 0.2) is 0 Å². The van der Waals surface area contributed by atoms with Crippen LogP contribution in [0.2, 0.25) is 0 Å². The second kappa shape index (κ2) is 6.95. The molecule has 4 rings (SSSR count). The van der Waals surface area contributed by atoms with E-state index in [1.807, 2.05) is 54.6 Å². The molecule has 0 spiro atoms. The number of methoxy groups -OCH3 is 1. The summed E-state index contributed by atoms with van der Waals surface area (Å²) < 4.78 is 6.96. The van der Waals surface area contributed by atoms with Gasteiger partial charge in [0.2, 0.25) is 11.9 Å². The van der Waals surface area contributed by atoms with Crippen molar-refractivity contribution >= 4 is 17.5 Å². The number of carbonyl (C=O) groups excluding carboxylic acids is 1.